The van der Waals surface area contributed by atoms with Crippen LogP contribution in [0.1, 0.15) is 31.2 Å². The topological polar surface area (TPSA) is 73.5 Å². The first-order valence-electron chi connectivity index (χ1n) is 8.15. The van der Waals surface area contributed by atoms with E-state index in [0.29, 0.717) is 19.4 Å². The highest BCUT2D eigenvalue weighted by Gasteiger charge is 2.36. The SMILES string of the molecule is O=C(NNc1cccc(C(F)(F)F)c1)C1CCCN1C(=O)NC1CC1. The van der Waals surface area contributed by atoms with Gasteiger partial charge in [-0.3, -0.25) is 15.6 Å². The summed E-state index contributed by atoms with van der Waals surface area (Å²) in [4.78, 5) is 25.9. The minimum atomic E-state index is -4.45. The van der Waals surface area contributed by atoms with Crippen LogP contribution in [0.3, 0.4) is 0 Å². The first kappa shape index (κ1) is 17.4. The summed E-state index contributed by atoms with van der Waals surface area (Å²) in [6.07, 6.45) is -1.32. The Morgan fingerprint density at radius 1 is 1.16 bits per heavy atom. The molecule has 3 rings (SSSR count). The predicted molar refractivity (Wildman–Crippen MR) is 84.5 cm³/mol. The minimum Gasteiger partial charge on any atom is -0.335 e. The third-order valence-electron chi connectivity index (χ3n) is 4.24. The Hall–Kier alpha value is -2.45. The number of rotatable bonds is 4. The average Bonchev–Trinajstić information content (AvgIpc) is 3.24. The summed E-state index contributed by atoms with van der Waals surface area (Å²) >= 11 is 0. The van der Waals surface area contributed by atoms with Crippen LogP contribution in [-0.2, 0) is 11.0 Å². The van der Waals surface area contributed by atoms with Gasteiger partial charge in [0.1, 0.15) is 6.04 Å². The van der Waals surface area contributed by atoms with Crippen LogP contribution < -0.4 is 16.2 Å². The first-order valence-corrected chi connectivity index (χ1v) is 8.15. The van der Waals surface area contributed by atoms with Gasteiger partial charge >= 0.3 is 12.2 Å². The van der Waals surface area contributed by atoms with Crippen molar-refractivity contribution in [1.82, 2.24) is 15.6 Å². The number of hydrogen-bond acceptors (Lipinski definition) is 3. The van der Waals surface area contributed by atoms with Crippen molar-refractivity contribution >= 4 is 17.6 Å². The molecule has 0 aromatic heterocycles. The lowest BCUT2D eigenvalue weighted by atomic mass is 10.2. The molecule has 136 valence electrons. The van der Waals surface area contributed by atoms with Crippen LogP contribution in [0.5, 0.6) is 0 Å². The van der Waals surface area contributed by atoms with Gasteiger partial charge in [-0.25, -0.2) is 4.79 Å². The molecule has 1 aliphatic carbocycles. The molecule has 1 aliphatic heterocycles. The van der Waals surface area contributed by atoms with Gasteiger partial charge in [-0.2, -0.15) is 13.2 Å². The molecule has 9 heteroatoms. The van der Waals surface area contributed by atoms with Crippen molar-refractivity contribution in [1.29, 1.82) is 0 Å². The highest BCUT2D eigenvalue weighted by Crippen LogP contribution is 2.30. The Balaban J connectivity index is 1.57. The zero-order valence-corrected chi connectivity index (χ0v) is 13.4. The lowest BCUT2D eigenvalue weighted by molar-refractivity contribution is -0.137. The zero-order valence-electron chi connectivity index (χ0n) is 13.4. The van der Waals surface area contributed by atoms with E-state index in [2.05, 4.69) is 16.2 Å². The molecule has 1 saturated carbocycles. The van der Waals surface area contributed by atoms with E-state index in [0.717, 1.165) is 25.0 Å². The molecule has 3 N–H and O–H groups in total. The van der Waals surface area contributed by atoms with E-state index in [1.165, 1.54) is 17.0 Å². The fourth-order valence-corrected chi connectivity index (χ4v) is 2.76. The maximum absolute atomic E-state index is 12.7. The number of nitrogens with one attached hydrogen (secondary N) is 3. The Morgan fingerprint density at radius 2 is 1.92 bits per heavy atom. The zero-order chi connectivity index (χ0) is 18.0. The number of hydrogen-bond donors (Lipinski definition) is 3. The quantitative estimate of drug-likeness (QED) is 0.726. The number of carbonyl (C=O) groups is 2. The molecule has 3 amide bonds. The van der Waals surface area contributed by atoms with Gasteiger partial charge in [0.2, 0.25) is 0 Å². The summed E-state index contributed by atoms with van der Waals surface area (Å²) in [5.74, 6) is -0.444. The van der Waals surface area contributed by atoms with Crippen LogP contribution in [0.4, 0.5) is 23.7 Å². The highest BCUT2D eigenvalue weighted by molar-refractivity contribution is 5.88. The fourth-order valence-electron chi connectivity index (χ4n) is 2.76. The molecule has 1 aromatic carbocycles. The lowest BCUT2D eigenvalue weighted by Gasteiger charge is -2.24. The van der Waals surface area contributed by atoms with Gasteiger partial charge in [0.25, 0.3) is 5.91 Å². The standard InChI is InChI=1S/C16H19F3N4O2/c17-16(18,19)10-3-1-4-12(9-10)21-22-14(24)13-5-2-8-23(13)15(25)20-11-6-7-11/h1,3-4,9,11,13,21H,2,5-8H2,(H,20,25)(H,22,24). The molecule has 1 atom stereocenters. The summed E-state index contributed by atoms with van der Waals surface area (Å²) in [5.41, 5.74) is 4.20. The van der Waals surface area contributed by atoms with Crippen molar-refractivity contribution < 1.29 is 22.8 Å². The Kier molecular flexibility index (Phi) is 4.73. The molecule has 1 unspecified atom stereocenters. The smallest absolute Gasteiger partial charge is 0.335 e. The van der Waals surface area contributed by atoms with Gasteiger partial charge < -0.3 is 10.2 Å². The molecule has 1 saturated heterocycles. The Bertz CT molecular complexity index is 661. The number of alkyl halides is 3. The van der Waals surface area contributed by atoms with Crippen molar-refractivity contribution in [2.75, 3.05) is 12.0 Å². The van der Waals surface area contributed by atoms with Crippen molar-refractivity contribution in [3.8, 4) is 0 Å². The Labute approximate surface area is 142 Å². The van der Waals surface area contributed by atoms with E-state index in [9.17, 15) is 22.8 Å². The summed E-state index contributed by atoms with van der Waals surface area (Å²) in [6.45, 7) is 0.486. The van der Waals surface area contributed by atoms with E-state index < -0.39 is 23.7 Å². The number of amides is 3. The third kappa shape index (κ3) is 4.34. The van der Waals surface area contributed by atoms with Gasteiger partial charge in [0.05, 0.1) is 11.3 Å². The maximum atomic E-state index is 12.7. The molecule has 2 fully saturated rings. The van der Waals surface area contributed by atoms with E-state index in [1.54, 1.807) is 0 Å². The van der Waals surface area contributed by atoms with E-state index in [1.807, 2.05) is 0 Å². The second kappa shape index (κ2) is 6.81. The van der Waals surface area contributed by atoms with Crippen molar-refractivity contribution in [2.45, 2.75) is 43.9 Å². The highest BCUT2D eigenvalue weighted by atomic mass is 19.4. The second-order valence-corrected chi connectivity index (χ2v) is 6.27. The Morgan fingerprint density at radius 3 is 2.60 bits per heavy atom. The number of urea groups is 1. The second-order valence-electron chi connectivity index (χ2n) is 6.27. The monoisotopic (exact) mass is 356 g/mol. The van der Waals surface area contributed by atoms with Crippen LogP contribution in [0.15, 0.2) is 24.3 Å². The molecule has 0 radical (unpaired) electrons. The number of hydrazine groups is 1. The van der Waals surface area contributed by atoms with Crippen molar-refractivity contribution in [2.24, 2.45) is 0 Å². The lowest BCUT2D eigenvalue weighted by Crippen LogP contribution is -2.51. The van der Waals surface area contributed by atoms with Crippen LogP contribution >= 0.6 is 0 Å². The van der Waals surface area contributed by atoms with E-state index in [4.69, 9.17) is 0 Å². The average molecular weight is 356 g/mol. The molecule has 6 nitrogen and oxygen atoms in total. The largest absolute Gasteiger partial charge is 0.416 e. The number of carbonyl (C=O) groups excluding carboxylic acids is 2. The summed E-state index contributed by atoms with van der Waals surface area (Å²) < 4.78 is 38.1. The van der Waals surface area contributed by atoms with Crippen molar-refractivity contribution in [3.05, 3.63) is 29.8 Å². The molecule has 1 aromatic rings. The number of halogens is 3. The first-order chi connectivity index (χ1) is 11.8. The number of likely N-dealkylation sites (tertiary alicyclic amines) is 1. The minimum absolute atomic E-state index is 0.121. The summed E-state index contributed by atoms with van der Waals surface area (Å²) in [7, 11) is 0. The van der Waals surface area contributed by atoms with Crippen LogP contribution in [0, 0.1) is 0 Å². The molecular formula is C16H19F3N4O2. The number of nitrogens with zero attached hydrogens (tertiary/aromatic N) is 1. The molecule has 2 aliphatic rings. The molecular weight excluding hydrogens is 337 g/mol. The van der Waals surface area contributed by atoms with Gasteiger partial charge in [-0.15, -0.1) is 0 Å². The third-order valence-corrected chi connectivity index (χ3v) is 4.24. The van der Waals surface area contributed by atoms with E-state index in [-0.39, 0.29) is 17.8 Å². The van der Waals surface area contributed by atoms with Crippen LogP contribution in [0.25, 0.3) is 0 Å². The van der Waals surface area contributed by atoms with Gasteiger partial charge in [0.15, 0.2) is 0 Å². The molecule has 0 spiro atoms. The number of anilines is 1. The van der Waals surface area contributed by atoms with Gasteiger partial charge in [-0.1, -0.05) is 6.07 Å². The van der Waals surface area contributed by atoms with Crippen LogP contribution in [0.2, 0.25) is 0 Å². The van der Waals surface area contributed by atoms with Crippen LogP contribution in [-0.4, -0.2) is 35.5 Å². The predicted octanol–water partition coefficient (Wildman–Crippen LogP) is 2.48. The van der Waals surface area contributed by atoms with Gasteiger partial charge in [0, 0.05) is 12.6 Å². The summed E-state index contributed by atoms with van der Waals surface area (Å²) in [6, 6.07) is 3.83. The molecule has 0 bridgehead atoms. The van der Waals surface area contributed by atoms with Gasteiger partial charge in [-0.05, 0) is 43.9 Å². The van der Waals surface area contributed by atoms with E-state index >= 15 is 0 Å². The fraction of sp³-hybridized carbons (Fsp3) is 0.500. The molecule has 1 heterocycles. The normalized spacial score (nSPS) is 20.3. The summed E-state index contributed by atoms with van der Waals surface area (Å²) in [5, 5.41) is 2.84. The van der Waals surface area contributed by atoms with Crippen molar-refractivity contribution in [3.63, 3.8) is 0 Å². The molecule has 25 heavy (non-hydrogen) atoms. The maximum Gasteiger partial charge on any atom is 0.416 e. The number of benzene rings is 1.